The van der Waals surface area contributed by atoms with Gasteiger partial charge in [-0.3, -0.25) is 4.79 Å². The van der Waals surface area contributed by atoms with Crippen molar-refractivity contribution in [2.75, 3.05) is 7.11 Å². The molecule has 1 atom stereocenters. The van der Waals surface area contributed by atoms with E-state index in [1.54, 1.807) is 12.1 Å². The van der Waals surface area contributed by atoms with Crippen molar-refractivity contribution in [2.24, 2.45) is 5.92 Å². The monoisotopic (exact) mass is 311 g/mol. The minimum absolute atomic E-state index is 0.162. The Morgan fingerprint density at radius 3 is 2.43 bits per heavy atom. The van der Waals surface area contributed by atoms with Crippen molar-refractivity contribution >= 4 is 22.1 Å². The summed E-state index contributed by atoms with van der Waals surface area (Å²) in [4.78, 5) is 11.6. The van der Waals surface area contributed by atoms with Crippen molar-refractivity contribution in [1.82, 2.24) is 4.72 Å². The molecule has 0 aliphatic carbocycles. The van der Waals surface area contributed by atoms with Crippen LogP contribution < -0.4 is 4.72 Å². The summed E-state index contributed by atoms with van der Waals surface area (Å²) in [5.74, 6) is -0.421. The number of esters is 1. The lowest BCUT2D eigenvalue weighted by molar-refractivity contribution is -0.143. The van der Waals surface area contributed by atoms with E-state index in [0.29, 0.717) is 6.42 Å². The lowest BCUT2D eigenvalue weighted by Gasteiger charge is -2.17. The summed E-state index contributed by atoms with van der Waals surface area (Å²) in [6.45, 7) is 3.81. The molecule has 1 aromatic carbocycles. The van der Waals surface area contributed by atoms with Crippen LogP contribution >= 0.6 is 0 Å². The molecule has 0 saturated heterocycles. The second kappa shape index (κ2) is 7.95. The molecule has 0 amide bonds. The van der Waals surface area contributed by atoms with E-state index < -0.39 is 22.0 Å². The zero-order valence-electron chi connectivity index (χ0n) is 12.4. The lowest BCUT2D eigenvalue weighted by Crippen LogP contribution is -2.41. The van der Waals surface area contributed by atoms with Crippen LogP contribution in [0.15, 0.2) is 35.7 Å². The van der Waals surface area contributed by atoms with E-state index in [2.05, 4.69) is 9.46 Å². The van der Waals surface area contributed by atoms with E-state index >= 15 is 0 Å². The van der Waals surface area contributed by atoms with Crippen LogP contribution in [-0.2, 0) is 19.6 Å². The molecule has 0 fully saturated rings. The Morgan fingerprint density at radius 2 is 1.90 bits per heavy atom. The molecule has 1 aromatic rings. The van der Waals surface area contributed by atoms with Gasteiger partial charge in [0.2, 0.25) is 10.0 Å². The molecule has 0 radical (unpaired) electrons. The first-order valence-electron chi connectivity index (χ1n) is 6.67. The topological polar surface area (TPSA) is 72.5 Å². The van der Waals surface area contributed by atoms with Gasteiger partial charge in [-0.2, -0.15) is 4.72 Å². The Bertz CT molecular complexity index is 579. The highest BCUT2D eigenvalue weighted by molar-refractivity contribution is 7.92. The quantitative estimate of drug-likeness (QED) is 0.783. The molecule has 0 aliphatic rings. The number of rotatable bonds is 7. The molecular weight excluding hydrogens is 290 g/mol. The molecule has 116 valence electrons. The molecule has 0 aromatic heterocycles. The SMILES string of the molecule is COC(=O)[C@H](CC(C)C)NS(=O)(=O)/C=C/c1ccccc1. The Labute approximate surface area is 126 Å². The fourth-order valence-corrected chi connectivity index (χ4v) is 2.78. The highest BCUT2D eigenvalue weighted by atomic mass is 32.2. The summed E-state index contributed by atoms with van der Waals surface area (Å²) in [6.07, 6.45) is 1.86. The maximum atomic E-state index is 12.0. The fraction of sp³-hybridized carbons (Fsp3) is 0.400. The number of hydrogen-bond donors (Lipinski definition) is 1. The Morgan fingerprint density at radius 1 is 1.29 bits per heavy atom. The van der Waals surface area contributed by atoms with Crippen LogP contribution in [0.5, 0.6) is 0 Å². The molecule has 0 bridgehead atoms. The predicted molar refractivity (Wildman–Crippen MR) is 82.8 cm³/mol. The first kappa shape index (κ1) is 17.4. The van der Waals surface area contributed by atoms with Gasteiger partial charge in [-0.15, -0.1) is 0 Å². The molecule has 0 saturated carbocycles. The molecule has 0 aliphatic heterocycles. The van der Waals surface area contributed by atoms with E-state index in [0.717, 1.165) is 11.0 Å². The van der Waals surface area contributed by atoms with Gasteiger partial charge in [0.25, 0.3) is 0 Å². The highest BCUT2D eigenvalue weighted by Crippen LogP contribution is 2.09. The first-order chi connectivity index (χ1) is 9.84. The zero-order chi connectivity index (χ0) is 15.9. The van der Waals surface area contributed by atoms with Gasteiger partial charge in [-0.1, -0.05) is 44.2 Å². The third-order valence-corrected chi connectivity index (χ3v) is 3.85. The van der Waals surface area contributed by atoms with Gasteiger partial charge in [0.15, 0.2) is 0 Å². The summed E-state index contributed by atoms with van der Waals surface area (Å²) in [6, 6.07) is 8.18. The van der Waals surface area contributed by atoms with Gasteiger partial charge in [0, 0.05) is 5.41 Å². The van der Waals surface area contributed by atoms with Crippen molar-refractivity contribution in [3.63, 3.8) is 0 Å². The standard InChI is InChI=1S/C15H21NO4S/c1-12(2)11-14(15(17)20-3)16-21(18,19)10-9-13-7-5-4-6-8-13/h4-10,12,14,16H,11H2,1-3H3/b10-9+/t14-/m0/s1. The molecule has 21 heavy (non-hydrogen) atoms. The molecule has 0 heterocycles. The summed E-state index contributed by atoms with van der Waals surface area (Å²) in [5, 5.41) is 1.05. The summed E-state index contributed by atoms with van der Waals surface area (Å²) in [7, 11) is -2.47. The van der Waals surface area contributed by atoms with Crippen molar-refractivity contribution in [1.29, 1.82) is 0 Å². The third kappa shape index (κ3) is 6.55. The Hall–Kier alpha value is -1.66. The normalized spacial score (nSPS) is 13.5. The van der Waals surface area contributed by atoms with Crippen molar-refractivity contribution in [2.45, 2.75) is 26.3 Å². The minimum atomic E-state index is -3.71. The van der Waals surface area contributed by atoms with Gasteiger partial charge < -0.3 is 4.74 Å². The molecule has 5 nitrogen and oxygen atoms in total. The van der Waals surface area contributed by atoms with E-state index in [4.69, 9.17) is 0 Å². The smallest absolute Gasteiger partial charge is 0.323 e. The second-order valence-corrected chi connectivity index (χ2v) is 6.68. The molecule has 0 spiro atoms. The Balaban J connectivity index is 2.81. The van der Waals surface area contributed by atoms with Crippen LogP contribution in [0.3, 0.4) is 0 Å². The third-order valence-electron chi connectivity index (χ3n) is 2.74. The lowest BCUT2D eigenvalue weighted by atomic mass is 10.1. The summed E-state index contributed by atoms with van der Waals surface area (Å²) < 4.78 is 31.0. The molecule has 1 rings (SSSR count). The predicted octanol–water partition coefficient (Wildman–Crippen LogP) is 2.16. The van der Waals surface area contributed by atoms with Crippen molar-refractivity contribution < 1.29 is 17.9 Å². The van der Waals surface area contributed by atoms with E-state index in [9.17, 15) is 13.2 Å². The largest absolute Gasteiger partial charge is 0.468 e. The maximum Gasteiger partial charge on any atom is 0.323 e. The number of carbonyl (C=O) groups is 1. The van der Waals surface area contributed by atoms with Gasteiger partial charge in [0.1, 0.15) is 6.04 Å². The van der Waals surface area contributed by atoms with Crippen LogP contribution in [-0.4, -0.2) is 27.5 Å². The van der Waals surface area contributed by atoms with Crippen LogP contribution in [0, 0.1) is 5.92 Å². The summed E-state index contributed by atoms with van der Waals surface area (Å²) in [5.41, 5.74) is 0.765. The average Bonchev–Trinajstić information content (AvgIpc) is 2.44. The molecule has 6 heteroatoms. The first-order valence-corrected chi connectivity index (χ1v) is 8.22. The minimum Gasteiger partial charge on any atom is -0.468 e. The van der Waals surface area contributed by atoms with Crippen molar-refractivity contribution in [3.8, 4) is 0 Å². The maximum absolute atomic E-state index is 12.0. The number of benzene rings is 1. The van der Waals surface area contributed by atoms with Crippen LogP contribution in [0.4, 0.5) is 0 Å². The number of ether oxygens (including phenoxy) is 1. The van der Waals surface area contributed by atoms with Gasteiger partial charge in [-0.25, -0.2) is 8.42 Å². The van der Waals surface area contributed by atoms with Gasteiger partial charge in [0.05, 0.1) is 7.11 Å². The number of nitrogens with one attached hydrogen (secondary N) is 1. The van der Waals surface area contributed by atoms with Crippen LogP contribution in [0.25, 0.3) is 6.08 Å². The van der Waals surface area contributed by atoms with E-state index in [1.165, 1.54) is 13.2 Å². The summed E-state index contributed by atoms with van der Waals surface area (Å²) >= 11 is 0. The molecular formula is C15H21NO4S. The number of methoxy groups -OCH3 is 1. The number of hydrogen-bond acceptors (Lipinski definition) is 4. The Kier molecular flexibility index (Phi) is 6.58. The van der Waals surface area contributed by atoms with Gasteiger partial charge in [-0.05, 0) is 24.0 Å². The van der Waals surface area contributed by atoms with Crippen LogP contribution in [0.1, 0.15) is 25.8 Å². The fourth-order valence-electron chi connectivity index (χ4n) is 1.78. The van der Waals surface area contributed by atoms with Gasteiger partial charge >= 0.3 is 5.97 Å². The highest BCUT2D eigenvalue weighted by Gasteiger charge is 2.24. The number of carbonyl (C=O) groups excluding carboxylic acids is 1. The van der Waals surface area contributed by atoms with Crippen molar-refractivity contribution in [3.05, 3.63) is 41.3 Å². The molecule has 0 unspecified atom stereocenters. The van der Waals surface area contributed by atoms with E-state index in [-0.39, 0.29) is 5.92 Å². The van der Waals surface area contributed by atoms with Crippen LogP contribution in [0.2, 0.25) is 0 Å². The number of sulfonamides is 1. The molecule has 1 N–H and O–H groups in total. The van der Waals surface area contributed by atoms with E-state index in [1.807, 2.05) is 32.0 Å². The zero-order valence-corrected chi connectivity index (χ0v) is 13.3. The average molecular weight is 311 g/mol. The second-order valence-electron chi connectivity index (χ2n) is 5.08.